The zero-order chi connectivity index (χ0) is 21.6. The Hall–Kier alpha value is -2.64. The van der Waals surface area contributed by atoms with E-state index in [4.69, 9.17) is 14.7 Å². The quantitative estimate of drug-likeness (QED) is 0.786. The normalized spacial score (nSPS) is 39.2. The molecule has 1 aromatic carbocycles. The molecule has 158 valence electrons. The van der Waals surface area contributed by atoms with Crippen LogP contribution in [-0.2, 0) is 25.2 Å². The molecule has 4 aliphatic rings. The predicted molar refractivity (Wildman–Crippen MR) is 92.9 cm³/mol. The summed E-state index contributed by atoms with van der Waals surface area (Å²) in [5.74, 6) is -3.57. The number of carbonyl (C=O) groups excluding carboxylic acids is 1. The van der Waals surface area contributed by atoms with E-state index < -0.39 is 64.4 Å². The highest BCUT2D eigenvalue weighted by Gasteiger charge is 2.79. The summed E-state index contributed by atoms with van der Waals surface area (Å²) in [5, 5.41) is 18.8. The van der Waals surface area contributed by atoms with Crippen molar-refractivity contribution in [3.05, 3.63) is 29.3 Å². The van der Waals surface area contributed by atoms with Gasteiger partial charge in [-0.05, 0) is 31.5 Å². The van der Waals surface area contributed by atoms with Crippen molar-refractivity contribution in [2.24, 2.45) is 17.8 Å². The minimum atomic E-state index is -4.77. The molecule has 1 amide bonds. The molecule has 7 nitrogen and oxygen atoms in total. The monoisotopic (exact) mass is 422 g/mol. The van der Waals surface area contributed by atoms with Crippen LogP contribution in [0.25, 0.3) is 0 Å². The summed E-state index contributed by atoms with van der Waals surface area (Å²) in [5.41, 5.74) is -3.81. The smallest absolute Gasteiger partial charge is 0.417 e. The lowest BCUT2D eigenvalue weighted by molar-refractivity contribution is -0.169. The van der Waals surface area contributed by atoms with Crippen LogP contribution in [0.4, 0.5) is 18.9 Å². The number of alkyl halides is 3. The molecule has 0 aliphatic carbocycles. The summed E-state index contributed by atoms with van der Waals surface area (Å²) in [6.45, 7) is 1.82. The Morgan fingerprint density at radius 2 is 2.13 bits per heavy atom. The number of carboxylic acids is 1. The largest absolute Gasteiger partial charge is 0.481 e. The van der Waals surface area contributed by atoms with Gasteiger partial charge in [0.25, 0.3) is 0 Å². The van der Waals surface area contributed by atoms with Crippen LogP contribution in [0.3, 0.4) is 0 Å². The molecule has 0 radical (unpaired) electrons. The number of rotatable bonds is 2. The van der Waals surface area contributed by atoms with Crippen molar-refractivity contribution < 1.29 is 37.3 Å². The molecule has 6 atom stereocenters. The highest BCUT2D eigenvalue weighted by Crippen LogP contribution is 2.67. The molecule has 30 heavy (non-hydrogen) atoms. The number of nitriles is 1. The highest BCUT2D eigenvalue weighted by molar-refractivity contribution is 6.00. The zero-order valence-corrected chi connectivity index (χ0v) is 15.8. The van der Waals surface area contributed by atoms with Gasteiger partial charge >= 0.3 is 12.1 Å². The first-order valence-electron chi connectivity index (χ1n) is 9.52. The van der Waals surface area contributed by atoms with E-state index in [1.54, 1.807) is 6.92 Å². The third-order valence-electron chi connectivity index (χ3n) is 7.06. The van der Waals surface area contributed by atoms with Gasteiger partial charge in [0.15, 0.2) is 0 Å². The maximum Gasteiger partial charge on any atom is 0.417 e. The first-order valence-corrected chi connectivity index (χ1v) is 9.52. The first kappa shape index (κ1) is 19.3. The minimum absolute atomic E-state index is 0.0300. The molecule has 4 heterocycles. The van der Waals surface area contributed by atoms with Crippen LogP contribution in [0.15, 0.2) is 18.2 Å². The molecule has 0 unspecified atom stereocenters. The molecule has 10 heteroatoms. The Kier molecular flexibility index (Phi) is 3.70. The summed E-state index contributed by atoms with van der Waals surface area (Å²) in [6, 6.07) is 4.62. The second-order valence-corrected chi connectivity index (χ2v) is 8.53. The summed E-state index contributed by atoms with van der Waals surface area (Å²) in [4.78, 5) is 26.5. The number of ether oxygens (including phenoxy) is 2. The van der Waals surface area contributed by atoms with Crippen molar-refractivity contribution in [1.29, 1.82) is 5.26 Å². The fourth-order valence-electron chi connectivity index (χ4n) is 6.03. The number of carbonyl (C=O) groups is 2. The Labute approximate surface area is 169 Å². The average Bonchev–Trinajstić information content (AvgIpc) is 3.24. The standard InChI is InChI=1S/C20H17F3N2O5/c1-18-7-12(17(27)28)19(30-18)4-5-29-16-14(19)13(18)15(26)25(16)10-3-2-9(8-24)11(6-10)20(21,22)23/h2-3,6,12-14,16H,4-5,7H2,1H3,(H,27,28)/t12-,13+,14-,16-,18+,19-/m0/s1. The summed E-state index contributed by atoms with van der Waals surface area (Å²) >= 11 is 0. The fourth-order valence-corrected chi connectivity index (χ4v) is 6.03. The van der Waals surface area contributed by atoms with E-state index in [1.807, 2.05) is 0 Å². The van der Waals surface area contributed by atoms with E-state index in [1.165, 1.54) is 17.0 Å². The van der Waals surface area contributed by atoms with Crippen LogP contribution in [0, 0.1) is 29.1 Å². The van der Waals surface area contributed by atoms with E-state index >= 15 is 0 Å². The van der Waals surface area contributed by atoms with Gasteiger partial charge in [-0.3, -0.25) is 14.5 Å². The Morgan fingerprint density at radius 3 is 2.77 bits per heavy atom. The molecule has 2 bridgehead atoms. The van der Waals surface area contributed by atoms with Gasteiger partial charge in [0.2, 0.25) is 5.91 Å². The number of aliphatic carboxylic acids is 1. The van der Waals surface area contributed by atoms with Crippen LogP contribution >= 0.6 is 0 Å². The fraction of sp³-hybridized carbons (Fsp3) is 0.550. The molecule has 0 aromatic heterocycles. The van der Waals surface area contributed by atoms with Gasteiger partial charge in [0, 0.05) is 18.0 Å². The SMILES string of the molecule is C[C@@]12C[C@@H](C(=O)O)[C@]3(CCO[C@H]4[C@@H]3[C@@H]1C(=O)N4c1ccc(C#N)c(C(F)(F)F)c1)O2. The number of halogens is 3. The van der Waals surface area contributed by atoms with Gasteiger partial charge < -0.3 is 14.6 Å². The van der Waals surface area contributed by atoms with Crippen LogP contribution in [0.5, 0.6) is 0 Å². The number of hydrogen-bond donors (Lipinski definition) is 1. The van der Waals surface area contributed by atoms with Gasteiger partial charge in [0.1, 0.15) is 6.23 Å². The van der Waals surface area contributed by atoms with Gasteiger partial charge in [-0.2, -0.15) is 18.4 Å². The average molecular weight is 422 g/mol. The van der Waals surface area contributed by atoms with Crippen molar-refractivity contribution in [3.8, 4) is 6.07 Å². The highest BCUT2D eigenvalue weighted by atomic mass is 19.4. The Bertz CT molecular complexity index is 1020. The number of carboxylic acid groups (broad SMARTS) is 1. The van der Waals surface area contributed by atoms with Crippen molar-refractivity contribution in [2.45, 2.75) is 43.4 Å². The van der Waals surface area contributed by atoms with Crippen molar-refractivity contribution in [3.63, 3.8) is 0 Å². The number of benzene rings is 1. The van der Waals surface area contributed by atoms with E-state index in [-0.39, 0.29) is 18.7 Å². The van der Waals surface area contributed by atoms with Gasteiger partial charge in [-0.15, -0.1) is 0 Å². The molecule has 4 aliphatic heterocycles. The molecule has 1 spiro atoms. The maximum atomic E-state index is 13.4. The Balaban J connectivity index is 1.62. The topological polar surface area (TPSA) is 99.9 Å². The van der Waals surface area contributed by atoms with Gasteiger partial charge in [0.05, 0.1) is 46.8 Å². The maximum absolute atomic E-state index is 13.4. The van der Waals surface area contributed by atoms with Crippen LogP contribution < -0.4 is 4.90 Å². The van der Waals surface area contributed by atoms with Crippen molar-refractivity contribution in [1.82, 2.24) is 0 Å². The van der Waals surface area contributed by atoms with Gasteiger partial charge in [-0.25, -0.2) is 0 Å². The lowest BCUT2D eigenvalue weighted by Crippen LogP contribution is -2.56. The summed E-state index contributed by atoms with van der Waals surface area (Å²) in [7, 11) is 0. The van der Waals surface area contributed by atoms with Crippen LogP contribution in [0.2, 0.25) is 0 Å². The molecule has 1 N–H and O–H groups in total. The zero-order valence-electron chi connectivity index (χ0n) is 15.8. The lowest BCUT2D eigenvalue weighted by atomic mass is 9.61. The number of nitrogens with zero attached hydrogens (tertiary/aromatic N) is 2. The predicted octanol–water partition coefficient (Wildman–Crippen LogP) is 2.53. The van der Waals surface area contributed by atoms with Crippen molar-refractivity contribution >= 4 is 17.6 Å². The number of amides is 1. The molecular formula is C20H17F3N2O5. The molecule has 1 aromatic rings. The van der Waals surface area contributed by atoms with E-state index in [2.05, 4.69) is 0 Å². The second kappa shape index (κ2) is 5.74. The van der Waals surface area contributed by atoms with E-state index in [0.29, 0.717) is 6.42 Å². The van der Waals surface area contributed by atoms with Crippen LogP contribution in [0.1, 0.15) is 30.9 Å². The summed E-state index contributed by atoms with van der Waals surface area (Å²) < 4.78 is 52.3. The molecular weight excluding hydrogens is 405 g/mol. The number of anilines is 1. The van der Waals surface area contributed by atoms with Crippen LogP contribution in [-0.4, -0.2) is 41.0 Å². The van der Waals surface area contributed by atoms with E-state index in [9.17, 15) is 27.9 Å². The third-order valence-corrected chi connectivity index (χ3v) is 7.06. The Morgan fingerprint density at radius 1 is 1.40 bits per heavy atom. The number of hydrogen-bond acceptors (Lipinski definition) is 5. The second-order valence-electron chi connectivity index (χ2n) is 8.53. The number of fused-ring (bicyclic) bond motifs is 2. The van der Waals surface area contributed by atoms with E-state index in [0.717, 1.165) is 12.1 Å². The molecule has 4 saturated heterocycles. The first-order chi connectivity index (χ1) is 14.0. The minimum Gasteiger partial charge on any atom is -0.481 e. The molecule has 5 rings (SSSR count). The lowest BCUT2D eigenvalue weighted by Gasteiger charge is -2.44. The third kappa shape index (κ3) is 2.22. The summed E-state index contributed by atoms with van der Waals surface area (Å²) in [6.07, 6.45) is -5.22. The van der Waals surface area contributed by atoms with Crippen molar-refractivity contribution in [2.75, 3.05) is 11.5 Å². The van der Waals surface area contributed by atoms with Gasteiger partial charge in [-0.1, -0.05) is 0 Å². The molecule has 0 saturated carbocycles. The molecule has 4 fully saturated rings.